The number of nitrogens with zero attached hydrogens (tertiary/aromatic N) is 7. The molecule has 18 heteroatoms. The molecule has 2 unspecified atom stereocenters. The van der Waals surface area contributed by atoms with Crippen molar-refractivity contribution in [2.45, 2.75) is 63.6 Å². The van der Waals surface area contributed by atoms with Crippen LogP contribution in [-0.2, 0) is 23.4 Å². The van der Waals surface area contributed by atoms with Crippen molar-refractivity contribution in [3.05, 3.63) is 53.4 Å². The number of alkyl halides is 1. The van der Waals surface area contributed by atoms with Gasteiger partial charge in [-0.25, -0.2) is 29.0 Å². The minimum Gasteiger partial charge on any atom is -0.463 e. The van der Waals surface area contributed by atoms with E-state index in [9.17, 15) is 20.0 Å². The molecule has 0 amide bonds. The lowest BCUT2D eigenvalue weighted by Crippen LogP contribution is -2.44. The van der Waals surface area contributed by atoms with Gasteiger partial charge < -0.3 is 24.8 Å². The molecule has 1 aliphatic heterocycles. The van der Waals surface area contributed by atoms with Gasteiger partial charge in [0.2, 0.25) is 5.72 Å². The zero-order valence-electron chi connectivity index (χ0n) is 22.3. The average Bonchev–Trinajstić information content (AvgIpc) is 3.44. The Bertz CT molecular complexity index is 1470. The van der Waals surface area contributed by atoms with Gasteiger partial charge in [-0.1, -0.05) is 23.3 Å². The topological polar surface area (TPSA) is 222 Å². The van der Waals surface area contributed by atoms with Crippen LogP contribution in [0.25, 0.3) is 21.6 Å². The number of anilines is 1. The van der Waals surface area contributed by atoms with Crippen molar-refractivity contribution in [2.75, 3.05) is 12.3 Å². The maximum absolute atomic E-state index is 15.5. The minimum atomic E-state index is -4.39. The van der Waals surface area contributed by atoms with Crippen molar-refractivity contribution in [1.82, 2.24) is 24.6 Å². The molecule has 1 saturated heterocycles. The molecule has 4 N–H and O–H groups in total. The van der Waals surface area contributed by atoms with Crippen molar-refractivity contribution < 1.29 is 37.4 Å². The third-order valence-electron chi connectivity index (χ3n) is 5.86. The summed E-state index contributed by atoms with van der Waals surface area (Å²) in [6.07, 6.45) is -4.09. The molecule has 0 aliphatic carbocycles. The Hall–Kier alpha value is -3.85. The number of benzene rings is 1. The fraction of sp³-hybridized carbons (Fsp3) is 0.478. The molecule has 4 rings (SSSR count). The van der Waals surface area contributed by atoms with E-state index in [0.717, 1.165) is 10.9 Å². The van der Waals surface area contributed by atoms with Crippen molar-refractivity contribution >= 4 is 30.7 Å². The Kier molecular flexibility index (Phi) is 9.07. The van der Waals surface area contributed by atoms with Gasteiger partial charge >= 0.3 is 13.7 Å². The standard InChI is InChI=1S/C23H29FN9O7P/c1-13(2)38-16(34)9-14(3)30-41(36,40-15-7-5-4-6-8-15)37-10-23(31-32-26)19(35)17(24)22(39-23)33-12-29-18-20(25)27-11-28-21(18)33/h4-8,11-14,17,19,22,35H,9-10H2,1-3H3,(H,30,36)(H2,25,27,28)/t14?,17-,19+,22-,23-,41?/m1/s1. The van der Waals surface area contributed by atoms with Crippen LogP contribution in [0.5, 0.6) is 5.75 Å². The number of nitrogens with two attached hydrogens (primary N) is 1. The number of aliphatic hydroxyl groups excluding tert-OH is 1. The second kappa shape index (κ2) is 12.3. The molecule has 0 bridgehead atoms. The zero-order valence-corrected chi connectivity index (χ0v) is 23.2. The van der Waals surface area contributed by atoms with Gasteiger partial charge in [-0.05, 0) is 38.4 Å². The quantitative estimate of drug-likeness (QED) is 0.0906. The van der Waals surface area contributed by atoms with Crippen molar-refractivity contribution in [3.63, 3.8) is 0 Å². The predicted octanol–water partition coefficient (Wildman–Crippen LogP) is 3.17. The number of aromatic nitrogens is 4. The lowest BCUT2D eigenvalue weighted by Gasteiger charge is -2.29. The second-order valence-corrected chi connectivity index (χ2v) is 11.2. The fourth-order valence-corrected chi connectivity index (χ4v) is 5.65. The maximum Gasteiger partial charge on any atom is 0.459 e. The molecule has 3 heterocycles. The van der Waals surface area contributed by atoms with Crippen LogP contribution in [0.4, 0.5) is 10.2 Å². The zero-order chi connectivity index (χ0) is 29.8. The number of azide groups is 1. The molecule has 3 aromatic rings. The smallest absolute Gasteiger partial charge is 0.459 e. The molecule has 1 aromatic carbocycles. The highest BCUT2D eigenvalue weighted by molar-refractivity contribution is 7.52. The molecule has 0 spiro atoms. The van der Waals surface area contributed by atoms with Gasteiger partial charge in [0, 0.05) is 11.0 Å². The van der Waals surface area contributed by atoms with Gasteiger partial charge in [0.15, 0.2) is 23.9 Å². The first-order valence-corrected chi connectivity index (χ1v) is 14.0. The van der Waals surface area contributed by atoms with Crippen molar-refractivity contribution in [3.8, 4) is 5.75 Å². The van der Waals surface area contributed by atoms with E-state index < -0.39 is 50.6 Å². The Morgan fingerprint density at radius 1 is 1.34 bits per heavy atom. The van der Waals surface area contributed by atoms with E-state index in [1.165, 1.54) is 18.5 Å². The number of esters is 1. The first kappa shape index (κ1) is 30.1. The molecule has 220 valence electrons. The van der Waals surface area contributed by atoms with Gasteiger partial charge in [-0.2, -0.15) is 0 Å². The molecule has 1 fully saturated rings. The largest absolute Gasteiger partial charge is 0.463 e. The monoisotopic (exact) mass is 593 g/mol. The summed E-state index contributed by atoms with van der Waals surface area (Å²) < 4.78 is 52.6. The lowest BCUT2D eigenvalue weighted by molar-refractivity contribution is -0.147. The summed E-state index contributed by atoms with van der Waals surface area (Å²) in [5.41, 5.74) is 12.9. The molecular formula is C23H29FN9O7P. The predicted molar refractivity (Wildman–Crippen MR) is 142 cm³/mol. The number of nitrogen functional groups attached to an aromatic ring is 1. The van der Waals surface area contributed by atoms with Crippen LogP contribution in [0, 0.1) is 0 Å². The summed E-state index contributed by atoms with van der Waals surface area (Å²) in [5.74, 6) is -0.398. The fourth-order valence-electron chi connectivity index (χ4n) is 4.09. The van der Waals surface area contributed by atoms with E-state index in [2.05, 4.69) is 30.1 Å². The molecule has 6 atom stereocenters. The van der Waals surface area contributed by atoms with E-state index >= 15 is 4.39 Å². The molecule has 16 nitrogen and oxygen atoms in total. The Morgan fingerprint density at radius 2 is 2.07 bits per heavy atom. The Balaban J connectivity index is 1.60. The number of hydrogen-bond donors (Lipinski definition) is 3. The second-order valence-electron chi connectivity index (χ2n) is 9.46. The van der Waals surface area contributed by atoms with E-state index in [4.69, 9.17) is 24.3 Å². The Morgan fingerprint density at radius 3 is 2.76 bits per heavy atom. The van der Waals surface area contributed by atoms with Crippen LogP contribution in [0.2, 0.25) is 0 Å². The number of rotatable bonds is 12. The molecule has 0 radical (unpaired) electrons. The number of imidazole rings is 1. The summed E-state index contributed by atoms with van der Waals surface area (Å²) in [6.45, 7) is 4.00. The van der Waals surface area contributed by atoms with Gasteiger partial charge in [0.1, 0.15) is 23.7 Å². The van der Waals surface area contributed by atoms with Gasteiger partial charge in [-0.3, -0.25) is 13.9 Å². The number of hydrogen-bond acceptors (Lipinski definition) is 12. The third kappa shape index (κ3) is 6.73. The first-order valence-electron chi connectivity index (χ1n) is 12.4. The van der Waals surface area contributed by atoms with Crippen LogP contribution in [0.15, 0.2) is 48.1 Å². The first-order chi connectivity index (χ1) is 19.5. The van der Waals surface area contributed by atoms with Crippen LogP contribution in [0.1, 0.15) is 33.4 Å². The van der Waals surface area contributed by atoms with E-state index in [1.54, 1.807) is 39.0 Å². The molecule has 2 aromatic heterocycles. The maximum atomic E-state index is 15.5. The normalized spacial score (nSPS) is 24.5. The van der Waals surface area contributed by atoms with Gasteiger partial charge in [0.25, 0.3) is 0 Å². The molecule has 1 aliphatic rings. The summed E-state index contributed by atoms with van der Waals surface area (Å²) >= 11 is 0. The van der Waals surface area contributed by atoms with Gasteiger partial charge in [0.05, 0.1) is 25.5 Å². The van der Waals surface area contributed by atoms with Crippen molar-refractivity contribution in [1.29, 1.82) is 0 Å². The van der Waals surface area contributed by atoms with Crippen LogP contribution < -0.4 is 15.3 Å². The number of fused-ring (bicyclic) bond motifs is 1. The van der Waals surface area contributed by atoms with E-state index in [-0.39, 0.29) is 35.3 Å². The number of carbonyl (C=O) groups excluding carboxylic acids is 1. The molecular weight excluding hydrogens is 564 g/mol. The highest BCUT2D eigenvalue weighted by Gasteiger charge is 2.57. The number of ether oxygens (including phenoxy) is 2. The number of aliphatic hydroxyl groups is 1. The van der Waals surface area contributed by atoms with E-state index in [1.807, 2.05) is 0 Å². The summed E-state index contributed by atoms with van der Waals surface area (Å²) in [5, 5.41) is 17.0. The number of nitrogens with one attached hydrogen (secondary N) is 1. The van der Waals surface area contributed by atoms with E-state index in [0.29, 0.717) is 0 Å². The number of para-hydroxylation sites is 1. The van der Waals surface area contributed by atoms with Crippen LogP contribution in [-0.4, -0.2) is 67.3 Å². The van der Waals surface area contributed by atoms with Crippen LogP contribution in [0.3, 0.4) is 0 Å². The summed E-state index contributed by atoms with van der Waals surface area (Å²) in [7, 11) is -4.39. The van der Waals surface area contributed by atoms with Crippen molar-refractivity contribution in [2.24, 2.45) is 5.11 Å². The number of halogens is 1. The lowest BCUT2D eigenvalue weighted by atomic mass is 10.1. The highest BCUT2D eigenvalue weighted by Crippen LogP contribution is 2.49. The average molecular weight is 594 g/mol. The SMILES string of the molecule is CC(CC(=O)OC(C)C)NP(=O)(OC[C@@]1(N=[N+]=[N-])O[C@@H](n2cnc3c(N)ncnc32)[C@H](F)[C@@H]1O)Oc1ccccc1. The number of carbonyl (C=O) groups is 1. The summed E-state index contributed by atoms with van der Waals surface area (Å²) in [4.78, 5) is 26.8. The third-order valence-corrected chi connectivity index (χ3v) is 7.54. The van der Waals surface area contributed by atoms with Crippen LogP contribution >= 0.6 is 7.75 Å². The minimum absolute atomic E-state index is 0.0313. The summed E-state index contributed by atoms with van der Waals surface area (Å²) in [6, 6.07) is 7.17. The Labute approximate surface area is 233 Å². The van der Waals surface area contributed by atoms with Gasteiger partial charge in [-0.15, -0.1) is 0 Å². The molecule has 0 saturated carbocycles. The highest BCUT2D eigenvalue weighted by atomic mass is 31.2. The molecule has 41 heavy (non-hydrogen) atoms.